The van der Waals surface area contributed by atoms with Crippen molar-refractivity contribution in [3.63, 3.8) is 0 Å². The first-order chi connectivity index (χ1) is 6.12. The molecular formula is C10H19NO2. The molecule has 0 spiro atoms. The van der Waals surface area contributed by atoms with E-state index in [2.05, 4.69) is 0 Å². The fourth-order valence-corrected chi connectivity index (χ4v) is 2.56. The van der Waals surface area contributed by atoms with Crippen LogP contribution in [0.3, 0.4) is 0 Å². The van der Waals surface area contributed by atoms with Crippen molar-refractivity contribution in [3.8, 4) is 0 Å². The lowest BCUT2D eigenvalue weighted by atomic mass is 9.76. The van der Waals surface area contributed by atoms with Crippen molar-refractivity contribution in [2.75, 3.05) is 13.2 Å². The lowest BCUT2D eigenvalue weighted by Crippen LogP contribution is -2.49. The van der Waals surface area contributed by atoms with Crippen molar-refractivity contribution < 1.29 is 9.84 Å². The number of rotatable bonds is 2. The van der Waals surface area contributed by atoms with E-state index < -0.39 is 5.60 Å². The van der Waals surface area contributed by atoms with Gasteiger partial charge in [-0.2, -0.15) is 0 Å². The van der Waals surface area contributed by atoms with E-state index >= 15 is 0 Å². The summed E-state index contributed by atoms with van der Waals surface area (Å²) in [5, 5.41) is 10.5. The lowest BCUT2D eigenvalue weighted by Gasteiger charge is -2.41. The highest BCUT2D eigenvalue weighted by molar-refractivity contribution is 5.10. The van der Waals surface area contributed by atoms with Crippen LogP contribution >= 0.6 is 0 Å². The van der Waals surface area contributed by atoms with Gasteiger partial charge in [0.1, 0.15) is 0 Å². The van der Waals surface area contributed by atoms with Crippen LogP contribution in [0.2, 0.25) is 0 Å². The van der Waals surface area contributed by atoms with Gasteiger partial charge >= 0.3 is 0 Å². The van der Waals surface area contributed by atoms with Crippen LogP contribution in [-0.4, -0.2) is 30.0 Å². The summed E-state index contributed by atoms with van der Waals surface area (Å²) < 4.78 is 5.44. The van der Waals surface area contributed by atoms with Gasteiger partial charge in [-0.05, 0) is 19.8 Å². The van der Waals surface area contributed by atoms with Gasteiger partial charge in [-0.15, -0.1) is 0 Å². The number of ether oxygens (including phenoxy) is 1. The first-order valence-electron chi connectivity index (χ1n) is 5.16. The summed E-state index contributed by atoms with van der Waals surface area (Å²) in [5.74, 6) is 0. The number of hydrogen-bond acceptors (Lipinski definition) is 3. The molecule has 1 saturated heterocycles. The van der Waals surface area contributed by atoms with E-state index in [1.807, 2.05) is 6.92 Å². The Labute approximate surface area is 79.3 Å². The highest BCUT2D eigenvalue weighted by atomic mass is 16.5. The average molecular weight is 185 g/mol. The first kappa shape index (κ1) is 9.44. The quantitative estimate of drug-likeness (QED) is 0.664. The zero-order valence-corrected chi connectivity index (χ0v) is 8.25. The fourth-order valence-electron chi connectivity index (χ4n) is 2.56. The molecule has 2 atom stereocenters. The molecule has 0 bridgehead atoms. The van der Waals surface area contributed by atoms with Crippen molar-refractivity contribution in [3.05, 3.63) is 0 Å². The summed E-state index contributed by atoms with van der Waals surface area (Å²) in [5.41, 5.74) is 5.22. The van der Waals surface area contributed by atoms with E-state index in [9.17, 15) is 5.11 Å². The molecule has 2 fully saturated rings. The average Bonchev–Trinajstić information content (AvgIpc) is 2.83. The highest BCUT2D eigenvalue weighted by Gasteiger charge is 2.58. The van der Waals surface area contributed by atoms with Gasteiger partial charge in [0.05, 0.1) is 11.7 Å². The Hall–Kier alpha value is -0.120. The molecule has 3 nitrogen and oxygen atoms in total. The SMILES string of the molecule is CC1CC(O)(C2(CN)CC2)CCO1. The van der Waals surface area contributed by atoms with Crippen LogP contribution in [0.25, 0.3) is 0 Å². The second-order valence-electron chi connectivity index (χ2n) is 4.65. The van der Waals surface area contributed by atoms with Crippen molar-refractivity contribution >= 4 is 0 Å². The van der Waals surface area contributed by atoms with Crippen LogP contribution in [0.15, 0.2) is 0 Å². The molecule has 13 heavy (non-hydrogen) atoms. The summed E-state index contributed by atoms with van der Waals surface area (Å²) in [7, 11) is 0. The topological polar surface area (TPSA) is 55.5 Å². The summed E-state index contributed by atoms with van der Waals surface area (Å²) in [6.45, 7) is 3.33. The molecule has 0 amide bonds. The molecule has 0 aromatic heterocycles. The molecule has 0 aromatic rings. The molecule has 1 heterocycles. The van der Waals surface area contributed by atoms with Crippen molar-refractivity contribution in [2.24, 2.45) is 11.1 Å². The molecule has 1 aliphatic carbocycles. The van der Waals surface area contributed by atoms with E-state index in [4.69, 9.17) is 10.5 Å². The van der Waals surface area contributed by atoms with Gasteiger partial charge in [0.15, 0.2) is 0 Å². The van der Waals surface area contributed by atoms with E-state index in [1.54, 1.807) is 0 Å². The summed E-state index contributed by atoms with van der Waals surface area (Å²) in [4.78, 5) is 0. The van der Waals surface area contributed by atoms with Gasteiger partial charge in [0.2, 0.25) is 0 Å². The van der Waals surface area contributed by atoms with E-state index in [0.717, 1.165) is 25.7 Å². The zero-order valence-electron chi connectivity index (χ0n) is 8.25. The predicted molar refractivity (Wildman–Crippen MR) is 50.3 cm³/mol. The maximum Gasteiger partial charge on any atom is 0.0762 e. The Kier molecular flexibility index (Phi) is 2.13. The predicted octanol–water partition coefficient (Wildman–Crippen LogP) is 0.655. The molecule has 2 aliphatic rings. The monoisotopic (exact) mass is 185 g/mol. The minimum atomic E-state index is -0.542. The molecular weight excluding hydrogens is 166 g/mol. The first-order valence-corrected chi connectivity index (χ1v) is 5.16. The molecule has 1 aliphatic heterocycles. The Balaban J connectivity index is 2.10. The van der Waals surface area contributed by atoms with Crippen LogP contribution < -0.4 is 5.73 Å². The molecule has 0 radical (unpaired) electrons. The van der Waals surface area contributed by atoms with Gasteiger partial charge < -0.3 is 15.6 Å². The van der Waals surface area contributed by atoms with Gasteiger partial charge in [-0.25, -0.2) is 0 Å². The molecule has 2 rings (SSSR count). The number of hydrogen-bond donors (Lipinski definition) is 2. The van der Waals surface area contributed by atoms with Crippen LogP contribution in [0.5, 0.6) is 0 Å². The van der Waals surface area contributed by atoms with Gasteiger partial charge in [0, 0.05) is 31.4 Å². The third kappa shape index (κ3) is 1.39. The third-order valence-corrected chi connectivity index (χ3v) is 3.77. The maximum atomic E-state index is 10.5. The lowest BCUT2D eigenvalue weighted by molar-refractivity contribution is -0.133. The molecule has 3 N–H and O–H groups in total. The summed E-state index contributed by atoms with van der Waals surface area (Å²) in [6, 6.07) is 0. The largest absolute Gasteiger partial charge is 0.389 e. The minimum Gasteiger partial charge on any atom is -0.389 e. The van der Waals surface area contributed by atoms with Gasteiger partial charge in [0.25, 0.3) is 0 Å². The zero-order chi connectivity index (χ0) is 9.53. The molecule has 0 aromatic carbocycles. The smallest absolute Gasteiger partial charge is 0.0762 e. The second kappa shape index (κ2) is 2.94. The normalized spacial score (nSPS) is 43.2. The Morgan fingerprint density at radius 1 is 1.46 bits per heavy atom. The molecule has 2 unspecified atom stereocenters. The van der Waals surface area contributed by atoms with E-state index in [-0.39, 0.29) is 11.5 Å². The molecule has 1 saturated carbocycles. The summed E-state index contributed by atoms with van der Waals surface area (Å²) >= 11 is 0. The van der Waals surface area contributed by atoms with Crippen molar-refractivity contribution in [1.29, 1.82) is 0 Å². The Morgan fingerprint density at radius 2 is 2.15 bits per heavy atom. The van der Waals surface area contributed by atoms with E-state index in [1.165, 1.54) is 0 Å². The van der Waals surface area contributed by atoms with Crippen LogP contribution in [0.1, 0.15) is 32.6 Å². The fraction of sp³-hybridized carbons (Fsp3) is 1.00. The van der Waals surface area contributed by atoms with Crippen molar-refractivity contribution in [2.45, 2.75) is 44.3 Å². The molecule has 3 heteroatoms. The van der Waals surface area contributed by atoms with Crippen molar-refractivity contribution in [1.82, 2.24) is 0 Å². The van der Waals surface area contributed by atoms with E-state index in [0.29, 0.717) is 13.2 Å². The Bertz CT molecular complexity index is 203. The van der Waals surface area contributed by atoms with Gasteiger partial charge in [-0.3, -0.25) is 0 Å². The van der Waals surface area contributed by atoms with Crippen LogP contribution in [-0.2, 0) is 4.74 Å². The third-order valence-electron chi connectivity index (χ3n) is 3.77. The summed E-state index contributed by atoms with van der Waals surface area (Å²) in [6.07, 6.45) is 3.88. The standard InChI is InChI=1S/C10H19NO2/c1-8-6-10(12,4-5-13-8)9(7-11)2-3-9/h8,12H,2-7,11H2,1H3. The van der Waals surface area contributed by atoms with Crippen LogP contribution in [0.4, 0.5) is 0 Å². The highest BCUT2D eigenvalue weighted by Crippen LogP contribution is 2.57. The maximum absolute atomic E-state index is 10.5. The van der Waals surface area contributed by atoms with Crippen LogP contribution in [0, 0.1) is 5.41 Å². The second-order valence-corrected chi connectivity index (χ2v) is 4.65. The molecule has 76 valence electrons. The minimum absolute atomic E-state index is 0.0328. The number of aliphatic hydroxyl groups is 1. The number of nitrogens with two attached hydrogens (primary N) is 1. The Morgan fingerprint density at radius 3 is 2.62 bits per heavy atom. The van der Waals surface area contributed by atoms with Gasteiger partial charge in [-0.1, -0.05) is 0 Å².